The van der Waals surface area contributed by atoms with Gasteiger partial charge in [-0.25, -0.2) is 9.82 Å². The Hall–Kier alpha value is -2.67. The molecule has 7 heteroatoms. The highest BCUT2D eigenvalue weighted by Gasteiger charge is 2.22. The SMILES string of the molecule is CC1CC(=O)NN=C1c1ccc(N(Cc2ccc(F)cc2)C(=O)S)cc1. The summed E-state index contributed by atoms with van der Waals surface area (Å²) >= 11 is 3.95. The van der Waals surface area contributed by atoms with Gasteiger partial charge in [-0.1, -0.05) is 43.8 Å². The first-order chi connectivity index (χ1) is 12.4. The van der Waals surface area contributed by atoms with Gasteiger partial charge in [0.25, 0.3) is 5.24 Å². The standard InChI is InChI=1S/C19H18FN3O2S/c1-12-10-17(24)21-22-18(12)14-4-8-16(9-5-14)23(19(25)26)11-13-2-6-15(20)7-3-13/h2-9,12H,10-11H2,1H3,(H,21,24)(H,25,26). The molecule has 0 aromatic heterocycles. The largest absolute Gasteiger partial charge is 0.299 e. The molecule has 26 heavy (non-hydrogen) atoms. The number of anilines is 1. The lowest BCUT2D eigenvalue weighted by molar-refractivity contribution is -0.121. The van der Waals surface area contributed by atoms with E-state index in [2.05, 4.69) is 23.2 Å². The van der Waals surface area contributed by atoms with Gasteiger partial charge in [0.05, 0.1) is 12.3 Å². The number of benzene rings is 2. The van der Waals surface area contributed by atoms with Crippen LogP contribution in [0, 0.1) is 11.7 Å². The molecule has 0 bridgehead atoms. The quantitative estimate of drug-likeness (QED) is 0.804. The van der Waals surface area contributed by atoms with E-state index in [1.54, 1.807) is 24.3 Å². The molecule has 1 N–H and O–H groups in total. The number of nitrogens with zero attached hydrogens (tertiary/aromatic N) is 2. The number of thiol groups is 1. The number of halogens is 1. The fraction of sp³-hybridized carbons (Fsp3) is 0.211. The van der Waals surface area contributed by atoms with E-state index in [-0.39, 0.29) is 24.2 Å². The zero-order chi connectivity index (χ0) is 18.7. The average Bonchev–Trinajstić information content (AvgIpc) is 2.61. The van der Waals surface area contributed by atoms with E-state index >= 15 is 0 Å². The van der Waals surface area contributed by atoms with Crippen LogP contribution in [0.2, 0.25) is 0 Å². The van der Waals surface area contributed by atoms with Gasteiger partial charge >= 0.3 is 0 Å². The van der Waals surface area contributed by atoms with Crippen LogP contribution in [0.5, 0.6) is 0 Å². The van der Waals surface area contributed by atoms with Crippen molar-refractivity contribution < 1.29 is 14.0 Å². The van der Waals surface area contributed by atoms with Crippen molar-refractivity contribution in [1.82, 2.24) is 5.43 Å². The highest BCUT2D eigenvalue weighted by Crippen LogP contribution is 2.23. The summed E-state index contributed by atoms with van der Waals surface area (Å²) in [4.78, 5) is 24.8. The van der Waals surface area contributed by atoms with Crippen molar-refractivity contribution in [1.29, 1.82) is 0 Å². The van der Waals surface area contributed by atoms with E-state index < -0.39 is 5.24 Å². The molecular formula is C19H18FN3O2S. The van der Waals surface area contributed by atoms with E-state index in [4.69, 9.17) is 0 Å². The van der Waals surface area contributed by atoms with E-state index in [1.807, 2.05) is 19.1 Å². The molecule has 5 nitrogen and oxygen atoms in total. The van der Waals surface area contributed by atoms with Crippen molar-refractivity contribution in [3.8, 4) is 0 Å². The van der Waals surface area contributed by atoms with Gasteiger partial charge in [0, 0.05) is 18.0 Å². The Morgan fingerprint density at radius 3 is 2.46 bits per heavy atom. The fourth-order valence-corrected chi connectivity index (χ4v) is 3.04. The number of hydrogen-bond acceptors (Lipinski definition) is 3. The van der Waals surface area contributed by atoms with Crippen molar-refractivity contribution in [2.24, 2.45) is 11.0 Å². The van der Waals surface area contributed by atoms with Gasteiger partial charge in [-0.15, -0.1) is 0 Å². The van der Waals surface area contributed by atoms with Crippen LogP contribution in [0.4, 0.5) is 14.9 Å². The molecule has 2 amide bonds. The van der Waals surface area contributed by atoms with Gasteiger partial charge < -0.3 is 0 Å². The second-order valence-corrected chi connectivity index (χ2v) is 6.56. The molecule has 0 radical (unpaired) electrons. The monoisotopic (exact) mass is 371 g/mol. The van der Waals surface area contributed by atoms with E-state index in [0.717, 1.165) is 16.8 Å². The number of amides is 2. The lowest BCUT2D eigenvalue weighted by Gasteiger charge is -2.22. The summed E-state index contributed by atoms with van der Waals surface area (Å²) in [6.07, 6.45) is 0.395. The van der Waals surface area contributed by atoms with Crippen molar-refractivity contribution in [2.45, 2.75) is 19.9 Å². The van der Waals surface area contributed by atoms with Gasteiger partial charge in [0.1, 0.15) is 5.82 Å². The first-order valence-corrected chi connectivity index (χ1v) is 8.60. The molecule has 2 aromatic carbocycles. The maximum Gasteiger partial charge on any atom is 0.283 e. The Kier molecular flexibility index (Phi) is 5.37. The number of hydrazone groups is 1. The minimum atomic E-state index is -0.405. The first-order valence-electron chi connectivity index (χ1n) is 8.16. The fourth-order valence-electron chi connectivity index (χ4n) is 2.86. The Balaban J connectivity index is 1.81. The van der Waals surface area contributed by atoms with Gasteiger partial charge in [-0.2, -0.15) is 5.10 Å². The van der Waals surface area contributed by atoms with Crippen molar-refractivity contribution in [3.63, 3.8) is 0 Å². The van der Waals surface area contributed by atoms with Crippen molar-refractivity contribution in [2.75, 3.05) is 4.90 Å². The van der Waals surface area contributed by atoms with Crippen LogP contribution in [0.25, 0.3) is 0 Å². The van der Waals surface area contributed by atoms with E-state index in [1.165, 1.54) is 17.0 Å². The Morgan fingerprint density at radius 2 is 1.88 bits per heavy atom. The minimum absolute atomic E-state index is 0.0245. The molecule has 3 rings (SSSR count). The van der Waals surface area contributed by atoms with Gasteiger partial charge in [0.2, 0.25) is 5.91 Å². The van der Waals surface area contributed by atoms with Gasteiger partial charge in [-0.05, 0) is 35.4 Å². The number of carbonyl (C=O) groups excluding carboxylic acids is 2. The number of rotatable bonds is 4. The molecular weight excluding hydrogens is 353 g/mol. The summed E-state index contributed by atoms with van der Waals surface area (Å²) < 4.78 is 13.0. The molecule has 0 spiro atoms. The van der Waals surface area contributed by atoms with Crippen LogP contribution in [0.1, 0.15) is 24.5 Å². The molecule has 1 unspecified atom stereocenters. The zero-order valence-electron chi connectivity index (χ0n) is 14.1. The smallest absolute Gasteiger partial charge is 0.283 e. The Labute approximate surface area is 156 Å². The van der Waals surface area contributed by atoms with Crippen LogP contribution in [-0.4, -0.2) is 16.9 Å². The predicted octanol–water partition coefficient (Wildman–Crippen LogP) is 3.74. The first kappa shape index (κ1) is 18.1. The summed E-state index contributed by atoms with van der Waals surface area (Å²) in [6.45, 7) is 2.24. The normalized spacial score (nSPS) is 16.7. The maximum absolute atomic E-state index is 13.0. The molecule has 1 aliphatic rings. The van der Waals surface area contributed by atoms with E-state index in [0.29, 0.717) is 12.1 Å². The topological polar surface area (TPSA) is 61.8 Å². The summed E-state index contributed by atoms with van der Waals surface area (Å²) in [6, 6.07) is 13.3. The number of hydrogen-bond donors (Lipinski definition) is 2. The molecule has 1 heterocycles. The predicted molar refractivity (Wildman–Crippen MR) is 102 cm³/mol. The van der Waals surface area contributed by atoms with Crippen molar-refractivity contribution >= 4 is 35.2 Å². The average molecular weight is 371 g/mol. The lowest BCUT2D eigenvalue weighted by atomic mass is 9.94. The number of nitrogens with one attached hydrogen (secondary N) is 1. The van der Waals surface area contributed by atoms with Gasteiger partial charge in [0.15, 0.2) is 0 Å². The summed E-state index contributed by atoms with van der Waals surface area (Å²) in [5.41, 5.74) is 5.65. The molecule has 134 valence electrons. The highest BCUT2D eigenvalue weighted by atomic mass is 32.1. The van der Waals surface area contributed by atoms with Crippen LogP contribution in [-0.2, 0) is 11.3 Å². The maximum atomic E-state index is 13.0. The Bertz CT molecular complexity index is 850. The molecule has 1 aliphatic heterocycles. The molecule has 2 aromatic rings. The number of carbonyl (C=O) groups is 2. The summed E-state index contributed by atoms with van der Waals surface area (Å²) in [5.74, 6) is -0.392. The molecule has 0 saturated heterocycles. The zero-order valence-corrected chi connectivity index (χ0v) is 15.0. The van der Waals surface area contributed by atoms with Crippen LogP contribution >= 0.6 is 12.6 Å². The molecule has 0 fully saturated rings. The molecule has 0 aliphatic carbocycles. The van der Waals surface area contributed by atoms with Gasteiger partial charge in [-0.3, -0.25) is 14.5 Å². The van der Waals surface area contributed by atoms with Crippen LogP contribution < -0.4 is 10.3 Å². The summed E-state index contributed by atoms with van der Waals surface area (Å²) in [5, 5.41) is 3.73. The third kappa shape index (κ3) is 4.11. The highest BCUT2D eigenvalue weighted by molar-refractivity contribution is 7.96. The van der Waals surface area contributed by atoms with Crippen molar-refractivity contribution in [3.05, 3.63) is 65.5 Å². The third-order valence-corrected chi connectivity index (χ3v) is 4.46. The Morgan fingerprint density at radius 1 is 1.23 bits per heavy atom. The van der Waals surface area contributed by atoms with Crippen LogP contribution in [0.15, 0.2) is 53.6 Å². The van der Waals surface area contributed by atoms with E-state index in [9.17, 15) is 14.0 Å². The third-order valence-electron chi connectivity index (χ3n) is 4.22. The minimum Gasteiger partial charge on any atom is -0.299 e. The second kappa shape index (κ2) is 7.70. The van der Waals surface area contributed by atoms with Crippen LogP contribution in [0.3, 0.4) is 0 Å². The summed E-state index contributed by atoms with van der Waals surface area (Å²) in [7, 11) is 0. The lowest BCUT2D eigenvalue weighted by Crippen LogP contribution is -2.32. The molecule has 1 atom stereocenters. The second-order valence-electron chi connectivity index (χ2n) is 6.18. The molecule has 0 saturated carbocycles.